The Bertz CT molecular complexity index is 3480. The van der Waals surface area contributed by atoms with Crippen molar-refractivity contribution in [3.05, 3.63) is 213 Å². The summed E-state index contributed by atoms with van der Waals surface area (Å²) in [5, 5.41) is 0. The monoisotopic (exact) mass is 1030 g/mol. The van der Waals surface area contributed by atoms with Crippen LogP contribution in [0.25, 0.3) is 45.0 Å². The third-order valence-corrected chi connectivity index (χ3v) is 13.3. The van der Waals surface area contributed by atoms with Gasteiger partial charge in [-0.2, -0.15) is 0 Å². The lowest BCUT2D eigenvalue weighted by Gasteiger charge is -2.10. The summed E-state index contributed by atoms with van der Waals surface area (Å²) in [5.41, 5.74) is 21.0. The number of hydrogen-bond acceptors (Lipinski definition) is 0. The van der Waals surface area contributed by atoms with Crippen molar-refractivity contribution in [2.45, 2.75) is 136 Å². The Labute approximate surface area is 474 Å². The summed E-state index contributed by atoms with van der Waals surface area (Å²) in [6.45, 7) is 28.3. The zero-order valence-corrected chi connectivity index (χ0v) is 49.7. The van der Waals surface area contributed by atoms with E-state index in [4.69, 9.17) is 12.3 Å². The van der Waals surface area contributed by atoms with Crippen molar-refractivity contribution in [3.63, 3.8) is 0 Å². The second kappa shape index (κ2) is 28.0. The number of benzene rings is 4. The molecule has 4 aromatic carbocycles. The van der Waals surface area contributed by atoms with Gasteiger partial charge in [0.1, 0.15) is 28.2 Å². The van der Waals surface area contributed by atoms with Gasteiger partial charge in [0.15, 0.2) is 24.8 Å². The summed E-state index contributed by atoms with van der Waals surface area (Å²) in [4.78, 5) is 0. The fraction of sp³-hybridized carbons (Fsp3) is 0.389. The molecule has 0 fully saturated rings. The van der Waals surface area contributed by atoms with Crippen molar-refractivity contribution < 1.29 is 30.6 Å². The maximum Gasteiger partial charge on any atom is 0.212 e. The first-order valence-corrected chi connectivity index (χ1v) is 27.2. The fourth-order valence-corrected chi connectivity index (χ4v) is 9.57. The molecule has 0 bridgehead atoms. The molecule has 4 aromatic heterocycles. The molecule has 76 heavy (non-hydrogen) atoms. The van der Waals surface area contributed by atoms with E-state index in [1.807, 2.05) is 158 Å². The lowest BCUT2D eigenvalue weighted by atomic mass is 9.97. The maximum absolute atomic E-state index is 8.33. The number of nitrogens with zero attached hydrogens (tertiary/aromatic N) is 4. The predicted octanol–water partition coefficient (Wildman–Crippen LogP) is 16.0. The largest absolute Gasteiger partial charge is 0.212 e. The highest BCUT2D eigenvalue weighted by molar-refractivity contribution is 5.64. The van der Waals surface area contributed by atoms with E-state index in [9.17, 15) is 0 Å². The van der Waals surface area contributed by atoms with Crippen molar-refractivity contribution in [2.24, 2.45) is 51.9 Å². The molecule has 0 saturated heterocycles. The average Bonchev–Trinajstić information content (AvgIpc) is 2.01. The van der Waals surface area contributed by atoms with Gasteiger partial charge in [-0.15, -0.1) is 0 Å². The third-order valence-electron chi connectivity index (χ3n) is 13.3. The first-order chi connectivity index (χ1) is 39.4. The van der Waals surface area contributed by atoms with Crippen molar-refractivity contribution in [3.8, 4) is 45.0 Å². The molecule has 0 N–H and O–H groups in total. The van der Waals surface area contributed by atoms with Crippen LogP contribution < -0.4 is 18.3 Å². The van der Waals surface area contributed by atoms with Crippen LogP contribution >= 0.6 is 0 Å². The molecule has 4 nitrogen and oxygen atoms in total. The Hall–Kier alpha value is -6.52. The average molecular weight is 1030 g/mol. The number of aromatic nitrogens is 4. The van der Waals surface area contributed by atoms with Gasteiger partial charge in [0.25, 0.3) is 0 Å². The van der Waals surface area contributed by atoms with Gasteiger partial charge in [-0.25, -0.2) is 18.3 Å². The van der Waals surface area contributed by atoms with Crippen molar-refractivity contribution in [1.82, 2.24) is 0 Å². The minimum absolute atomic E-state index is 0.0551. The Morgan fingerprint density at radius 3 is 1.13 bits per heavy atom. The zero-order valence-electron chi connectivity index (χ0n) is 58.7. The van der Waals surface area contributed by atoms with Gasteiger partial charge >= 0.3 is 0 Å². The van der Waals surface area contributed by atoms with Gasteiger partial charge in [0.05, 0.1) is 0 Å². The van der Waals surface area contributed by atoms with Crippen LogP contribution in [0.2, 0.25) is 0 Å². The molecule has 0 saturated carbocycles. The van der Waals surface area contributed by atoms with Crippen LogP contribution in [0.5, 0.6) is 0 Å². The van der Waals surface area contributed by atoms with Gasteiger partial charge in [0.2, 0.25) is 22.8 Å². The van der Waals surface area contributed by atoms with E-state index in [1.165, 1.54) is 50.2 Å². The van der Waals surface area contributed by atoms with Crippen LogP contribution in [0.15, 0.2) is 146 Å². The van der Waals surface area contributed by atoms with E-state index in [1.54, 1.807) is 12.1 Å². The minimum Gasteiger partial charge on any atom is -0.201 e. The van der Waals surface area contributed by atoms with E-state index in [0.29, 0.717) is 17.0 Å². The highest BCUT2D eigenvalue weighted by Crippen LogP contribution is 2.26. The molecule has 0 unspecified atom stereocenters. The highest BCUT2D eigenvalue weighted by atomic mass is 14.9. The van der Waals surface area contributed by atoms with Gasteiger partial charge < -0.3 is 0 Å². The van der Waals surface area contributed by atoms with Crippen LogP contribution in [0.1, 0.15) is 134 Å². The lowest BCUT2D eigenvalue weighted by molar-refractivity contribution is -0.661. The molecule has 4 heteroatoms. The van der Waals surface area contributed by atoms with Gasteiger partial charge in [-0.3, -0.25) is 0 Å². The third kappa shape index (κ3) is 17.3. The number of pyridine rings is 4. The second-order valence-electron chi connectivity index (χ2n) is 22.2. The maximum atomic E-state index is 8.33. The van der Waals surface area contributed by atoms with E-state index in [0.717, 1.165) is 56.9 Å². The summed E-state index contributed by atoms with van der Waals surface area (Å²) >= 11 is 0. The summed E-state index contributed by atoms with van der Waals surface area (Å²) in [7, 11) is 7.99. The Kier molecular flexibility index (Phi) is 17.7. The van der Waals surface area contributed by atoms with E-state index in [-0.39, 0.29) is 17.8 Å². The molecule has 0 aliphatic heterocycles. The summed E-state index contributed by atoms with van der Waals surface area (Å²) in [5.74, 6) is 0.469. The van der Waals surface area contributed by atoms with Crippen LogP contribution in [0.4, 0.5) is 0 Å². The van der Waals surface area contributed by atoms with Gasteiger partial charge in [-0.1, -0.05) is 127 Å². The van der Waals surface area contributed by atoms with E-state index >= 15 is 0 Å². The fourth-order valence-electron chi connectivity index (χ4n) is 9.57. The predicted molar refractivity (Wildman–Crippen MR) is 324 cm³/mol. The number of rotatable bonds is 12. The topological polar surface area (TPSA) is 15.5 Å². The Morgan fingerprint density at radius 1 is 0.355 bits per heavy atom. The Balaban J connectivity index is 0.000000208. The molecule has 8 aromatic rings. The smallest absolute Gasteiger partial charge is 0.201 e. The molecular formula is C72H96N4+4. The van der Waals surface area contributed by atoms with Gasteiger partial charge in [-0.05, 0) is 174 Å². The first kappa shape index (κ1) is 47.9. The molecular weight excluding hydrogens is 921 g/mol. The van der Waals surface area contributed by atoms with Crippen LogP contribution in [0.3, 0.4) is 0 Å². The molecule has 0 amide bonds. The van der Waals surface area contributed by atoms with Gasteiger partial charge in [0, 0.05) is 81.1 Å². The standard InChI is InChI=1S/4C18H24N/c2*1-13(2)10-16-7-9-18(19(5)12-16)17-8-6-14(3)11-15(17)4;2*1-13(2)10-16-12-19(5)18(11-15(16)4)17-9-7-6-8-14(17)3/h4*6-9,11-13H,10H2,1-5H3/q4*+1/i3D3,10D2;;2*10D2. The number of aryl methyl sites for hydroxylation is 12. The van der Waals surface area contributed by atoms with E-state index < -0.39 is 26.0 Å². The molecule has 0 spiro atoms. The molecule has 8 rings (SSSR count). The molecule has 0 radical (unpaired) electrons. The molecule has 4 heterocycles. The molecule has 0 aliphatic rings. The van der Waals surface area contributed by atoms with E-state index in [2.05, 4.69) is 126 Å². The molecule has 0 atom stereocenters. The first-order valence-electron chi connectivity index (χ1n) is 31.7. The zero-order chi connectivity index (χ0) is 63.8. The summed E-state index contributed by atoms with van der Waals surface area (Å²) in [6, 6.07) is 40.8. The SMILES string of the molecule is Cc1ccc(-c2ccc(CC(C)C)c[n+]2C)c(C)c1.[2H]C([2H])([2H])c1ccc(-c2ccc(C([2H])([2H])C(C)C)c[n+]2C)c(C)c1.[2H]C([2H])(c1c[n+](C)c(-c2ccccc2C)cc1C)C(C)C.[2H]C([2H])(c1c[n+](C)c(-c2ccccc2C)cc1C)C(C)C. The summed E-state index contributed by atoms with van der Waals surface area (Å²) in [6.07, 6.45) is 5.07. The highest BCUT2D eigenvalue weighted by Gasteiger charge is 2.19. The van der Waals surface area contributed by atoms with Crippen molar-refractivity contribution >= 4 is 0 Å². The number of hydrogen-bond donors (Lipinski definition) is 0. The van der Waals surface area contributed by atoms with Crippen molar-refractivity contribution in [1.29, 1.82) is 0 Å². The molecule has 400 valence electrons. The minimum atomic E-state index is -2.11. The van der Waals surface area contributed by atoms with Crippen LogP contribution in [-0.2, 0) is 53.7 Å². The van der Waals surface area contributed by atoms with Crippen molar-refractivity contribution in [2.75, 3.05) is 0 Å². The van der Waals surface area contributed by atoms with Crippen LogP contribution in [-0.4, -0.2) is 0 Å². The quantitative estimate of drug-likeness (QED) is 0.108. The molecule has 0 aliphatic carbocycles. The summed E-state index contributed by atoms with van der Waals surface area (Å²) < 4.78 is 80.5. The Morgan fingerprint density at radius 2 is 0.737 bits per heavy atom. The van der Waals surface area contributed by atoms with Crippen LogP contribution in [0, 0.1) is 79.0 Å². The second-order valence-corrected chi connectivity index (χ2v) is 22.2. The normalized spacial score (nSPS) is 13.5. The lowest BCUT2D eigenvalue weighted by Crippen LogP contribution is -2.32.